The summed E-state index contributed by atoms with van der Waals surface area (Å²) in [6.45, 7) is 0. The number of halogens is 4. The highest BCUT2D eigenvalue weighted by molar-refractivity contribution is 5.73. The molecule has 2 nitrogen and oxygen atoms in total. The van der Waals surface area contributed by atoms with Crippen molar-refractivity contribution in [1.29, 1.82) is 0 Å². The van der Waals surface area contributed by atoms with E-state index in [-0.39, 0.29) is 17.0 Å². The third kappa shape index (κ3) is 3.15. The lowest BCUT2D eigenvalue weighted by Gasteiger charge is -2.13. The Morgan fingerprint density at radius 2 is 1.68 bits per heavy atom. The summed E-state index contributed by atoms with van der Waals surface area (Å²) >= 11 is 0. The minimum Gasteiger partial charge on any atom is -0.405 e. The van der Waals surface area contributed by atoms with Crippen LogP contribution in [0.3, 0.4) is 0 Å². The van der Waals surface area contributed by atoms with E-state index in [4.69, 9.17) is 5.73 Å². The molecular formula is C13H9F4NO. The minimum absolute atomic E-state index is 0.140. The molecule has 2 aromatic rings. The van der Waals surface area contributed by atoms with E-state index in [1.807, 2.05) is 0 Å². The van der Waals surface area contributed by atoms with Gasteiger partial charge in [0.15, 0.2) is 0 Å². The Bertz CT molecular complexity index is 595. The highest BCUT2D eigenvalue weighted by Crippen LogP contribution is 2.34. The molecule has 0 amide bonds. The predicted octanol–water partition coefficient (Wildman–Crippen LogP) is 3.97. The van der Waals surface area contributed by atoms with Crippen LogP contribution in [-0.4, -0.2) is 6.36 Å². The number of rotatable bonds is 2. The molecule has 0 radical (unpaired) electrons. The summed E-state index contributed by atoms with van der Waals surface area (Å²) < 4.78 is 53.8. The zero-order valence-electron chi connectivity index (χ0n) is 9.54. The molecule has 6 heteroatoms. The molecule has 0 unspecified atom stereocenters. The number of nitrogens with two attached hydrogens (primary N) is 1. The van der Waals surface area contributed by atoms with Crippen LogP contribution >= 0.6 is 0 Å². The Hall–Kier alpha value is -2.24. The third-order valence-corrected chi connectivity index (χ3v) is 2.42. The third-order valence-electron chi connectivity index (χ3n) is 2.42. The normalized spacial score (nSPS) is 11.4. The summed E-state index contributed by atoms with van der Waals surface area (Å²) in [6, 6.07) is 9.28. The number of benzene rings is 2. The molecule has 2 aromatic carbocycles. The number of ether oxygens (including phenoxy) is 1. The van der Waals surface area contributed by atoms with Gasteiger partial charge in [-0.1, -0.05) is 24.3 Å². The Morgan fingerprint density at radius 1 is 1.00 bits per heavy atom. The lowest BCUT2D eigenvalue weighted by Crippen LogP contribution is -2.17. The smallest absolute Gasteiger partial charge is 0.405 e. The first kappa shape index (κ1) is 13.2. The van der Waals surface area contributed by atoms with Crippen molar-refractivity contribution in [2.24, 2.45) is 0 Å². The summed E-state index contributed by atoms with van der Waals surface area (Å²) in [7, 11) is 0. The highest BCUT2D eigenvalue weighted by Gasteiger charge is 2.32. The molecule has 100 valence electrons. The second kappa shape index (κ2) is 4.79. The molecule has 0 bridgehead atoms. The summed E-state index contributed by atoms with van der Waals surface area (Å²) in [4.78, 5) is 0. The maximum atomic E-state index is 13.0. The van der Waals surface area contributed by atoms with E-state index in [0.717, 1.165) is 6.07 Å². The van der Waals surface area contributed by atoms with Gasteiger partial charge in [0.25, 0.3) is 0 Å². The summed E-state index contributed by atoms with van der Waals surface area (Å²) in [5.74, 6) is -0.987. The Kier molecular flexibility index (Phi) is 3.33. The first-order valence-electron chi connectivity index (χ1n) is 5.27. The van der Waals surface area contributed by atoms with Crippen LogP contribution in [-0.2, 0) is 0 Å². The van der Waals surface area contributed by atoms with E-state index in [1.165, 1.54) is 30.3 Å². The quantitative estimate of drug-likeness (QED) is 0.662. The lowest BCUT2D eigenvalue weighted by atomic mass is 10.0. The van der Waals surface area contributed by atoms with Crippen molar-refractivity contribution >= 4 is 5.69 Å². The zero-order chi connectivity index (χ0) is 14.0. The van der Waals surface area contributed by atoms with E-state index in [9.17, 15) is 17.6 Å². The van der Waals surface area contributed by atoms with E-state index in [0.29, 0.717) is 5.56 Å². The second-order valence-corrected chi connectivity index (χ2v) is 3.78. The SMILES string of the molecule is Nc1cc(-c2ccccc2OC(F)(F)F)ccc1F. The van der Waals surface area contributed by atoms with Crippen molar-refractivity contribution in [3.63, 3.8) is 0 Å². The molecule has 0 heterocycles. The first-order valence-corrected chi connectivity index (χ1v) is 5.27. The molecule has 0 spiro atoms. The summed E-state index contributed by atoms with van der Waals surface area (Å²) in [6.07, 6.45) is -4.79. The Labute approximate surface area is 106 Å². The predicted molar refractivity (Wildman–Crippen MR) is 62.9 cm³/mol. The van der Waals surface area contributed by atoms with Crippen molar-refractivity contribution in [3.05, 3.63) is 48.3 Å². The molecule has 0 fully saturated rings. The van der Waals surface area contributed by atoms with E-state index >= 15 is 0 Å². The van der Waals surface area contributed by atoms with Gasteiger partial charge in [0.05, 0.1) is 5.69 Å². The molecule has 0 atom stereocenters. The minimum atomic E-state index is -4.79. The van der Waals surface area contributed by atoms with Gasteiger partial charge < -0.3 is 10.5 Å². The number of para-hydroxylation sites is 1. The lowest BCUT2D eigenvalue weighted by molar-refractivity contribution is -0.274. The van der Waals surface area contributed by atoms with Crippen molar-refractivity contribution in [2.45, 2.75) is 6.36 Å². The van der Waals surface area contributed by atoms with Crippen molar-refractivity contribution < 1.29 is 22.3 Å². The highest BCUT2D eigenvalue weighted by atomic mass is 19.4. The topological polar surface area (TPSA) is 35.2 Å². The summed E-state index contributed by atoms with van der Waals surface area (Å²) in [5.41, 5.74) is 5.79. The van der Waals surface area contributed by atoms with Crippen LogP contribution in [0.4, 0.5) is 23.2 Å². The molecule has 2 N–H and O–H groups in total. The van der Waals surface area contributed by atoms with Crippen LogP contribution in [0.2, 0.25) is 0 Å². The molecule has 0 aliphatic carbocycles. The molecule has 0 aromatic heterocycles. The molecule has 0 saturated carbocycles. The van der Waals surface area contributed by atoms with E-state index < -0.39 is 12.2 Å². The number of hydrogen-bond acceptors (Lipinski definition) is 2. The molecule has 19 heavy (non-hydrogen) atoms. The van der Waals surface area contributed by atoms with Crippen molar-refractivity contribution in [1.82, 2.24) is 0 Å². The monoisotopic (exact) mass is 271 g/mol. The van der Waals surface area contributed by atoms with Crippen molar-refractivity contribution in [2.75, 3.05) is 5.73 Å². The van der Waals surface area contributed by atoms with Gasteiger partial charge in [-0.25, -0.2) is 4.39 Å². The largest absolute Gasteiger partial charge is 0.573 e. The molecule has 0 aliphatic heterocycles. The summed E-state index contributed by atoms with van der Waals surface area (Å²) in [5, 5.41) is 0. The number of hydrogen-bond donors (Lipinski definition) is 1. The van der Waals surface area contributed by atoms with Gasteiger partial charge in [0.2, 0.25) is 0 Å². The fraction of sp³-hybridized carbons (Fsp3) is 0.0769. The van der Waals surface area contributed by atoms with Crippen LogP contribution in [0.15, 0.2) is 42.5 Å². The Morgan fingerprint density at radius 3 is 2.32 bits per heavy atom. The van der Waals surface area contributed by atoms with E-state index in [1.54, 1.807) is 6.07 Å². The van der Waals surface area contributed by atoms with Crippen LogP contribution in [0, 0.1) is 5.82 Å². The van der Waals surface area contributed by atoms with Gasteiger partial charge in [-0.3, -0.25) is 0 Å². The molecule has 2 rings (SSSR count). The molecular weight excluding hydrogens is 262 g/mol. The fourth-order valence-corrected chi connectivity index (χ4v) is 1.63. The van der Waals surface area contributed by atoms with Crippen LogP contribution in [0.1, 0.15) is 0 Å². The zero-order valence-corrected chi connectivity index (χ0v) is 9.54. The van der Waals surface area contributed by atoms with Gasteiger partial charge in [-0.2, -0.15) is 0 Å². The maximum absolute atomic E-state index is 13.0. The molecule has 0 saturated heterocycles. The average Bonchev–Trinajstić information content (AvgIpc) is 2.31. The number of alkyl halides is 3. The fourth-order valence-electron chi connectivity index (χ4n) is 1.63. The maximum Gasteiger partial charge on any atom is 0.573 e. The standard InChI is InChI=1S/C13H9F4NO/c14-10-6-5-8(7-11(10)18)9-3-1-2-4-12(9)19-13(15,16)17/h1-7H,18H2. The Balaban J connectivity index is 2.47. The molecule has 0 aliphatic rings. The van der Waals surface area contributed by atoms with Gasteiger partial charge in [-0.05, 0) is 23.8 Å². The van der Waals surface area contributed by atoms with Crippen LogP contribution < -0.4 is 10.5 Å². The van der Waals surface area contributed by atoms with Crippen LogP contribution in [0.25, 0.3) is 11.1 Å². The van der Waals surface area contributed by atoms with Gasteiger partial charge >= 0.3 is 6.36 Å². The number of nitrogen functional groups attached to an aromatic ring is 1. The van der Waals surface area contributed by atoms with Gasteiger partial charge in [-0.15, -0.1) is 13.2 Å². The van der Waals surface area contributed by atoms with Gasteiger partial charge in [0.1, 0.15) is 11.6 Å². The second-order valence-electron chi connectivity index (χ2n) is 3.78. The van der Waals surface area contributed by atoms with Gasteiger partial charge in [0, 0.05) is 5.56 Å². The van der Waals surface area contributed by atoms with Crippen molar-refractivity contribution in [3.8, 4) is 16.9 Å². The van der Waals surface area contributed by atoms with E-state index in [2.05, 4.69) is 4.74 Å². The number of anilines is 1. The average molecular weight is 271 g/mol. The van der Waals surface area contributed by atoms with Crippen LogP contribution in [0.5, 0.6) is 5.75 Å². The first-order chi connectivity index (χ1) is 8.87.